The van der Waals surface area contributed by atoms with Gasteiger partial charge in [0.25, 0.3) is 0 Å². The van der Waals surface area contributed by atoms with Crippen molar-refractivity contribution in [3.63, 3.8) is 0 Å². The Morgan fingerprint density at radius 2 is 1.50 bits per heavy atom. The van der Waals surface area contributed by atoms with E-state index in [1.165, 1.54) is 24.3 Å². The van der Waals surface area contributed by atoms with Gasteiger partial charge in [-0.3, -0.25) is 0 Å². The zero-order valence-electron chi connectivity index (χ0n) is 10.3. The molecule has 0 saturated carbocycles. The van der Waals surface area contributed by atoms with E-state index in [1.807, 2.05) is 0 Å². The van der Waals surface area contributed by atoms with Crippen molar-refractivity contribution in [1.29, 1.82) is 0 Å². The van der Waals surface area contributed by atoms with Gasteiger partial charge in [-0.05, 0) is 29.8 Å². The molecule has 1 aromatic heterocycles. The monoisotopic (exact) mass is 272 g/mol. The molecule has 3 nitrogen and oxygen atoms in total. The summed E-state index contributed by atoms with van der Waals surface area (Å²) < 4.78 is 31.8. The summed E-state index contributed by atoms with van der Waals surface area (Å²) in [5.41, 5.74) is 7.26. The minimum atomic E-state index is -0.400. The van der Waals surface area contributed by atoms with Gasteiger partial charge in [0.2, 0.25) is 0 Å². The van der Waals surface area contributed by atoms with Crippen LogP contribution in [0.5, 0.6) is 0 Å². The van der Waals surface area contributed by atoms with Gasteiger partial charge in [0.15, 0.2) is 11.6 Å². The number of rotatable bonds is 2. The van der Waals surface area contributed by atoms with Crippen molar-refractivity contribution in [2.75, 3.05) is 5.73 Å². The lowest BCUT2D eigenvalue weighted by molar-refractivity contribution is 0.436. The Labute approximate surface area is 113 Å². The SMILES string of the molecule is Nc1noc(-c2cccc(F)c2)c1-c1cccc(F)c1. The normalized spacial score (nSPS) is 10.7. The molecule has 0 bridgehead atoms. The van der Waals surface area contributed by atoms with Gasteiger partial charge in [0.05, 0.1) is 5.56 Å². The maximum Gasteiger partial charge on any atom is 0.177 e. The second-order valence-corrected chi connectivity index (χ2v) is 4.29. The number of benzene rings is 2. The molecule has 0 aliphatic carbocycles. The number of nitrogens with two attached hydrogens (primary N) is 1. The van der Waals surface area contributed by atoms with E-state index in [1.54, 1.807) is 24.3 Å². The fraction of sp³-hybridized carbons (Fsp3) is 0. The number of nitrogens with zero attached hydrogens (tertiary/aromatic N) is 1. The van der Waals surface area contributed by atoms with Crippen LogP contribution in [0.2, 0.25) is 0 Å². The Bertz CT molecular complexity index is 768. The van der Waals surface area contributed by atoms with Gasteiger partial charge in [0.1, 0.15) is 11.6 Å². The molecule has 0 saturated heterocycles. The van der Waals surface area contributed by atoms with Gasteiger partial charge in [-0.2, -0.15) is 0 Å². The minimum absolute atomic E-state index is 0.134. The maximum atomic E-state index is 13.3. The van der Waals surface area contributed by atoms with Gasteiger partial charge in [-0.15, -0.1) is 0 Å². The van der Waals surface area contributed by atoms with Crippen LogP contribution < -0.4 is 5.73 Å². The van der Waals surface area contributed by atoms with Crippen molar-refractivity contribution in [1.82, 2.24) is 5.16 Å². The van der Waals surface area contributed by atoms with E-state index < -0.39 is 11.6 Å². The van der Waals surface area contributed by atoms with Crippen molar-refractivity contribution in [3.05, 3.63) is 60.2 Å². The van der Waals surface area contributed by atoms with Crippen LogP contribution >= 0.6 is 0 Å². The molecule has 2 aromatic carbocycles. The molecule has 100 valence electrons. The van der Waals surface area contributed by atoms with E-state index in [0.29, 0.717) is 22.5 Å². The quantitative estimate of drug-likeness (QED) is 0.770. The summed E-state index contributed by atoms with van der Waals surface area (Å²) in [5, 5.41) is 3.69. The average molecular weight is 272 g/mol. The third-order valence-corrected chi connectivity index (χ3v) is 2.92. The molecule has 0 aliphatic rings. The lowest BCUT2D eigenvalue weighted by atomic mass is 10.0. The molecular formula is C15H10F2N2O. The summed E-state index contributed by atoms with van der Waals surface area (Å²) in [6.07, 6.45) is 0. The smallest absolute Gasteiger partial charge is 0.177 e. The molecule has 0 unspecified atom stereocenters. The molecule has 3 rings (SSSR count). The molecule has 0 aliphatic heterocycles. The van der Waals surface area contributed by atoms with Crippen LogP contribution in [0.1, 0.15) is 0 Å². The van der Waals surface area contributed by atoms with Crippen molar-refractivity contribution in [2.45, 2.75) is 0 Å². The summed E-state index contributed by atoms with van der Waals surface area (Å²) in [4.78, 5) is 0. The molecule has 20 heavy (non-hydrogen) atoms. The first kappa shape index (κ1) is 12.3. The molecular weight excluding hydrogens is 262 g/mol. The van der Waals surface area contributed by atoms with Crippen molar-refractivity contribution >= 4 is 5.82 Å². The Hall–Kier alpha value is -2.69. The lowest BCUT2D eigenvalue weighted by Gasteiger charge is -2.03. The Balaban J connectivity index is 2.20. The number of nitrogen functional groups attached to an aromatic ring is 1. The van der Waals surface area contributed by atoms with Crippen LogP contribution in [-0.4, -0.2) is 5.16 Å². The first-order chi connectivity index (χ1) is 9.65. The van der Waals surface area contributed by atoms with Gasteiger partial charge in [0, 0.05) is 5.56 Å². The van der Waals surface area contributed by atoms with Gasteiger partial charge < -0.3 is 10.3 Å². The first-order valence-corrected chi connectivity index (χ1v) is 5.92. The van der Waals surface area contributed by atoms with Crippen LogP contribution in [0, 0.1) is 11.6 Å². The molecule has 3 aromatic rings. The number of hydrogen-bond donors (Lipinski definition) is 1. The summed E-state index contributed by atoms with van der Waals surface area (Å²) >= 11 is 0. The van der Waals surface area contributed by atoms with E-state index in [2.05, 4.69) is 5.16 Å². The number of halogens is 2. The van der Waals surface area contributed by atoms with E-state index in [0.717, 1.165) is 0 Å². The number of aromatic nitrogens is 1. The van der Waals surface area contributed by atoms with Gasteiger partial charge in [-0.25, -0.2) is 8.78 Å². The van der Waals surface area contributed by atoms with Crippen LogP contribution in [0.3, 0.4) is 0 Å². The van der Waals surface area contributed by atoms with Crippen molar-refractivity contribution < 1.29 is 13.3 Å². The number of hydrogen-bond acceptors (Lipinski definition) is 3. The highest BCUT2D eigenvalue weighted by molar-refractivity contribution is 5.86. The number of anilines is 1. The Morgan fingerprint density at radius 1 is 0.900 bits per heavy atom. The van der Waals surface area contributed by atoms with Crippen LogP contribution in [0.15, 0.2) is 53.1 Å². The maximum absolute atomic E-state index is 13.3. The molecule has 5 heteroatoms. The summed E-state index contributed by atoms with van der Waals surface area (Å²) in [7, 11) is 0. The zero-order chi connectivity index (χ0) is 14.1. The third kappa shape index (κ3) is 2.14. The average Bonchev–Trinajstić information content (AvgIpc) is 2.80. The summed E-state index contributed by atoms with van der Waals surface area (Å²) in [6, 6.07) is 11.8. The highest BCUT2D eigenvalue weighted by atomic mass is 19.1. The van der Waals surface area contributed by atoms with E-state index in [9.17, 15) is 8.78 Å². The van der Waals surface area contributed by atoms with Crippen LogP contribution in [0.4, 0.5) is 14.6 Å². The topological polar surface area (TPSA) is 52.0 Å². The largest absolute Gasteiger partial charge is 0.380 e. The molecule has 0 amide bonds. The van der Waals surface area contributed by atoms with E-state index in [4.69, 9.17) is 10.3 Å². The van der Waals surface area contributed by atoms with Crippen molar-refractivity contribution in [2.24, 2.45) is 0 Å². The van der Waals surface area contributed by atoms with Gasteiger partial charge >= 0.3 is 0 Å². The predicted molar refractivity (Wildman–Crippen MR) is 71.7 cm³/mol. The minimum Gasteiger partial charge on any atom is -0.380 e. The predicted octanol–water partition coefficient (Wildman–Crippen LogP) is 3.87. The molecule has 1 heterocycles. The second kappa shape index (κ2) is 4.77. The molecule has 2 N–H and O–H groups in total. The standard InChI is InChI=1S/C15H10F2N2O/c16-11-5-1-3-9(7-11)13-14(20-19-15(13)18)10-4-2-6-12(17)8-10/h1-8H,(H2,18,19). The molecule has 0 spiro atoms. The molecule has 0 atom stereocenters. The van der Waals surface area contributed by atoms with Crippen LogP contribution in [-0.2, 0) is 0 Å². The highest BCUT2D eigenvalue weighted by Gasteiger charge is 2.18. The molecule has 0 radical (unpaired) electrons. The summed E-state index contributed by atoms with van der Waals surface area (Å²) in [5.74, 6) is -0.349. The zero-order valence-corrected chi connectivity index (χ0v) is 10.3. The Kier molecular flexibility index (Phi) is 2.95. The second-order valence-electron chi connectivity index (χ2n) is 4.29. The van der Waals surface area contributed by atoms with Crippen LogP contribution in [0.25, 0.3) is 22.5 Å². The van der Waals surface area contributed by atoms with Crippen molar-refractivity contribution in [3.8, 4) is 22.5 Å². The lowest BCUT2D eigenvalue weighted by Crippen LogP contribution is -1.89. The summed E-state index contributed by atoms with van der Waals surface area (Å²) in [6.45, 7) is 0. The first-order valence-electron chi connectivity index (χ1n) is 5.92. The highest BCUT2D eigenvalue weighted by Crippen LogP contribution is 2.36. The fourth-order valence-electron chi connectivity index (χ4n) is 2.05. The third-order valence-electron chi connectivity index (χ3n) is 2.92. The van der Waals surface area contributed by atoms with E-state index in [-0.39, 0.29) is 5.82 Å². The van der Waals surface area contributed by atoms with Gasteiger partial charge in [-0.1, -0.05) is 29.4 Å². The Morgan fingerprint density at radius 3 is 2.15 bits per heavy atom. The van der Waals surface area contributed by atoms with E-state index >= 15 is 0 Å². The molecule has 0 fully saturated rings. The fourth-order valence-corrected chi connectivity index (χ4v) is 2.05.